The standard InChI is InChI=1S/C37H40B2O5/c1-25-10-12-26(13-11-25)37(27-14-17-29(40-6)18-15-27)31-8-7-9-33(39-43-23-36(4,5)24-44-39)34(31)30-19-16-28(20-32(30)37)38-41-21-35(2,3)22-42-38/h7-20H,21-24H2,1-6H3. The molecule has 4 aromatic carbocycles. The lowest BCUT2D eigenvalue weighted by Gasteiger charge is -2.36. The summed E-state index contributed by atoms with van der Waals surface area (Å²) in [5.74, 6) is 0.826. The maximum absolute atomic E-state index is 6.40. The van der Waals surface area contributed by atoms with Crippen LogP contribution in [0.1, 0.15) is 55.5 Å². The third-order valence-electron chi connectivity index (χ3n) is 9.25. The smallest absolute Gasteiger partial charge is 0.494 e. The molecule has 0 saturated carbocycles. The number of ether oxygens (including phenoxy) is 1. The molecule has 0 bridgehead atoms. The zero-order valence-electron chi connectivity index (χ0n) is 26.6. The largest absolute Gasteiger partial charge is 0.497 e. The number of hydrogen-bond acceptors (Lipinski definition) is 5. The third-order valence-corrected chi connectivity index (χ3v) is 9.25. The van der Waals surface area contributed by atoms with Crippen LogP contribution in [0.25, 0.3) is 11.1 Å². The molecule has 2 heterocycles. The lowest BCUT2D eigenvalue weighted by molar-refractivity contribution is 0.0342. The Balaban J connectivity index is 1.48. The fourth-order valence-corrected chi connectivity index (χ4v) is 6.95. The topological polar surface area (TPSA) is 46.2 Å². The van der Waals surface area contributed by atoms with Crippen LogP contribution in [0.2, 0.25) is 0 Å². The molecule has 5 nitrogen and oxygen atoms in total. The molecule has 0 amide bonds. The van der Waals surface area contributed by atoms with Crippen molar-refractivity contribution in [1.82, 2.24) is 0 Å². The van der Waals surface area contributed by atoms with Crippen molar-refractivity contribution < 1.29 is 23.4 Å². The molecule has 2 saturated heterocycles. The zero-order valence-corrected chi connectivity index (χ0v) is 26.6. The summed E-state index contributed by atoms with van der Waals surface area (Å²) in [6.07, 6.45) is 0. The first-order valence-corrected chi connectivity index (χ1v) is 15.6. The normalized spacial score (nSPS) is 22.0. The molecule has 3 aliphatic rings. The zero-order chi connectivity index (χ0) is 30.7. The number of methoxy groups -OCH3 is 1. The molecule has 0 aromatic heterocycles. The molecule has 1 atom stereocenters. The Morgan fingerprint density at radius 2 is 1.20 bits per heavy atom. The van der Waals surface area contributed by atoms with Gasteiger partial charge < -0.3 is 23.4 Å². The predicted molar refractivity (Wildman–Crippen MR) is 177 cm³/mol. The summed E-state index contributed by atoms with van der Waals surface area (Å²) in [5, 5.41) is 0. The molecule has 2 aliphatic heterocycles. The Kier molecular flexibility index (Phi) is 7.29. The summed E-state index contributed by atoms with van der Waals surface area (Å²) < 4.78 is 31.0. The van der Waals surface area contributed by atoms with Crippen LogP contribution in [-0.2, 0) is 24.0 Å². The summed E-state index contributed by atoms with van der Waals surface area (Å²) in [6.45, 7) is 13.4. The van der Waals surface area contributed by atoms with Gasteiger partial charge in [-0.1, -0.05) is 106 Å². The van der Waals surface area contributed by atoms with Gasteiger partial charge in [-0.3, -0.25) is 0 Å². The molecule has 0 N–H and O–H groups in total. The van der Waals surface area contributed by atoms with Gasteiger partial charge in [0, 0.05) is 37.3 Å². The van der Waals surface area contributed by atoms with Crippen LogP contribution in [0.5, 0.6) is 5.75 Å². The monoisotopic (exact) mass is 586 g/mol. The maximum atomic E-state index is 6.40. The van der Waals surface area contributed by atoms with E-state index in [4.69, 9.17) is 23.4 Å². The van der Waals surface area contributed by atoms with Crippen molar-refractivity contribution >= 4 is 25.2 Å². The van der Waals surface area contributed by atoms with E-state index in [2.05, 4.69) is 120 Å². The number of benzene rings is 4. The van der Waals surface area contributed by atoms with Crippen LogP contribution < -0.4 is 15.7 Å². The number of aryl methyl sites for hydroxylation is 1. The van der Waals surface area contributed by atoms with Gasteiger partial charge in [-0.25, -0.2) is 0 Å². The summed E-state index contributed by atoms with van der Waals surface area (Å²) in [4.78, 5) is 0. The molecule has 7 heteroatoms. The average molecular weight is 586 g/mol. The van der Waals surface area contributed by atoms with Crippen LogP contribution in [0, 0.1) is 17.8 Å². The SMILES string of the molecule is COc1ccc(C2(c3ccc(C)cc3)c3cc(B4OCC(C)(C)CO4)ccc3-c3c(B4OCC(C)(C)CO4)cccc32)cc1. The minimum Gasteiger partial charge on any atom is -0.497 e. The van der Waals surface area contributed by atoms with Gasteiger partial charge in [0.1, 0.15) is 5.75 Å². The minimum atomic E-state index is -0.599. The second-order valence-corrected chi connectivity index (χ2v) is 14.2. The van der Waals surface area contributed by atoms with Crippen LogP contribution in [0.3, 0.4) is 0 Å². The van der Waals surface area contributed by atoms with E-state index < -0.39 is 19.7 Å². The van der Waals surface area contributed by atoms with E-state index in [9.17, 15) is 0 Å². The van der Waals surface area contributed by atoms with E-state index in [1.807, 2.05) is 0 Å². The van der Waals surface area contributed by atoms with E-state index in [0.717, 1.165) is 22.2 Å². The fourth-order valence-electron chi connectivity index (χ4n) is 6.95. The Labute approximate surface area is 262 Å². The van der Waals surface area contributed by atoms with Crippen LogP contribution in [-0.4, -0.2) is 47.8 Å². The molecular weight excluding hydrogens is 546 g/mol. The van der Waals surface area contributed by atoms with E-state index >= 15 is 0 Å². The first-order chi connectivity index (χ1) is 21.1. The third kappa shape index (κ3) is 4.91. The highest BCUT2D eigenvalue weighted by atomic mass is 16.6. The Hall–Kier alpha value is -3.35. The molecule has 1 aliphatic carbocycles. The molecule has 7 rings (SSSR count). The maximum Gasteiger partial charge on any atom is 0.494 e. The van der Waals surface area contributed by atoms with Crippen molar-refractivity contribution in [3.8, 4) is 16.9 Å². The van der Waals surface area contributed by atoms with E-state index in [0.29, 0.717) is 26.4 Å². The molecule has 4 aromatic rings. The number of rotatable bonds is 5. The summed E-state index contributed by atoms with van der Waals surface area (Å²) in [7, 11) is 0.846. The molecule has 44 heavy (non-hydrogen) atoms. The number of fused-ring (bicyclic) bond motifs is 3. The van der Waals surface area contributed by atoms with E-state index in [1.54, 1.807) is 7.11 Å². The highest BCUT2D eigenvalue weighted by Crippen LogP contribution is 2.55. The van der Waals surface area contributed by atoms with Crippen LogP contribution >= 0.6 is 0 Å². The Morgan fingerprint density at radius 3 is 1.80 bits per heavy atom. The van der Waals surface area contributed by atoms with Crippen LogP contribution in [0.4, 0.5) is 0 Å². The molecule has 0 radical (unpaired) electrons. The van der Waals surface area contributed by atoms with Gasteiger partial charge in [-0.2, -0.15) is 0 Å². The van der Waals surface area contributed by atoms with Gasteiger partial charge >= 0.3 is 14.2 Å². The summed E-state index contributed by atoms with van der Waals surface area (Å²) in [6, 6.07) is 30.7. The lowest BCUT2D eigenvalue weighted by Crippen LogP contribution is -2.48. The predicted octanol–water partition coefficient (Wildman–Crippen LogP) is 5.90. The van der Waals surface area contributed by atoms with Crippen molar-refractivity contribution in [3.05, 3.63) is 113 Å². The summed E-state index contributed by atoms with van der Waals surface area (Å²) >= 11 is 0. The fraction of sp³-hybridized carbons (Fsp3) is 0.351. The molecular formula is C37H40B2O5. The number of hydrogen-bond donors (Lipinski definition) is 0. The van der Waals surface area contributed by atoms with Crippen molar-refractivity contribution in [2.75, 3.05) is 33.5 Å². The highest BCUT2D eigenvalue weighted by molar-refractivity contribution is 6.63. The first kappa shape index (κ1) is 29.4. The van der Waals surface area contributed by atoms with E-state index in [1.165, 1.54) is 33.4 Å². The lowest BCUT2D eigenvalue weighted by atomic mass is 9.65. The molecule has 2 fully saturated rings. The Morgan fingerprint density at radius 1 is 0.636 bits per heavy atom. The Bertz CT molecular complexity index is 1660. The minimum absolute atomic E-state index is 0.0122. The van der Waals surface area contributed by atoms with Gasteiger partial charge in [0.15, 0.2) is 0 Å². The first-order valence-electron chi connectivity index (χ1n) is 15.6. The molecule has 1 unspecified atom stereocenters. The average Bonchev–Trinajstić information content (AvgIpc) is 3.32. The van der Waals surface area contributed by atoms with Gasteiger partial charge in [0.05, 0.1) is 12.5 Å². The van der Waals surface area contributed by atoms with Crippen molar-refractivity contribution in [3.63, 3.8) is 0 Å². The van der Waals surface area contributed by atoms with Gasteiger partial charge in [-0.15, -0.1) is 0 Å². The van der Waals surface area contributed by atoms with Crippen molar-refractivity contribution in [1.29, 1.82) is 0 Å². The second-order valence-electron chi connectivity index (χ2n) is 14.2. The second kappa shape index (κ2) is 10.9. The van der Waals surface area contributed by atoms with Gasteiger partial charge in [0.2, 0.25) is 0 Å². The van der Waals surface area contributed by atoms with Crippen molar-refractivity contribution in [2.45, 2.75) is 40.0 Å². The van der Waals surface area contributed by atoms with Crippen LogP contribution in [0.15, 0.2) is 84.9 Å². The molecule has 224 valence electrons. The summed E-state index contributed by atoms with van der Waals surface area (Å²) in [5.41, 5.74) is 9.76. The van der Waals surface area contributed by atoms with E-state index in [-0.39, 0.29) is 10.8 Å². The quantitative estimate of drug-likeness (QED) is 0.240. The van der Waals surface area contributed by atoms with Gasteiger partial charge in [0.25, 0.3) is 0 Å². The van der Waals surface area contributed by atoms with Crippen molar-refractivity contribution in [2.24, 2.45) is 10.8 Å². The highest BCUT2D eigenvalue weighted by Gasteiger charge is 2.49. The molecule has 0 spiro atoms. The van der Waals surface area contributed by atoms with Gasteiger partial charge in [-0.05, 0) is 63.4 Å².